The molecule has 0 heterocycles. The van der Waals surface area contributed by atoms with Gasteiger partial charge in [0.2, 0.25) is 0 Å². The number of carbonyl (C=O) groups excluding carboxylic acids is 1. The minimum atomic E-state index is -0.538. The first-order valence-electron chi connectivity index (χ1n) is 3.93. The Balaban J connectivity index is 4.09. The van der Waals surface area contributed by atoms with E-state index in [1.807, 2.05) is 0 Å². The number of alkyl carbamates (subject to hydrolysis) is 1. The minimum Gasteiger partial charge on any atom is -0.444 e. The summed E-state index contributed by atoms with van der Waals surface area (Å²) in [7, 11) is 0. The molecule has 0 saturated heterocycles. The molecule has 0 radical (unpaired) electrons. The first-order valence-corrected chi connectivity index (χ1v) is 3.93. The summed E-state index contributed by atoms with van der Waals surface area (Å²) >= 11 is 0. The Labute approximate surface area is 78.4 Å². The third-order valence-corrected chi connectivity index (χ3v) is 1.04. The third kappa shape index (κ3) is 5.78. The smallest absolute Gasteiger partial charge is 0.412 e. The van der Waals surface area contributed by atoms with Gasteiger partial charge in [-0.3, -0.25) is 5.32 Å². The third-order valence-electron chi connectivity index (χ3n) is 1.04. The molecule has 0 aromatic rings. The van der Waals surface area contributed by atoms with Gasteiger partial charge >= 0.3 is 6.09 Å². The standard InChI is InChI=1S/C9H16N2O2/c1-5-7(6-10)11-8(12)13-9(2,3)4/h5-6H,1,10H2,2-4H3,(H,11,12)/b7-6-. The molecule has 1 amide bonds. The summed E-state index contributed by atoms with van der Waals surface area (Å²) < 4.78 is 4.98. The van der Waals surface area contributed by atoms with Gasteiger partial charge < -0.3 is 10.5 Å². The van der Waals surface area contributed by atoms with E-state index in [0.717, 1.165) is 0 Å². The number of nitrogens with one attached hydrogen (secondary N) is 1. The second-order valence-electron chi connectivity index (χ2n) is 3.45. The van der Waals surface area contributed by atoms with Crippen molar-refractivity contribution in [1.82, 2.24) is 5.32 Å². The lowest BCUT2D eigenvalue weighted by Crippen LogP contribution is -2.31. The maximum absolute atomic E-state index is 11.1. The highest BCUT2D eigenvalue weighted by Gasteiger charge is 2.15. The van der Waals surface area contributed by atoms with E-state index in [0.29, 0.717) is 5.70 Å². The first kappa shape index (κ1) is 11.6. The van der Waals surface area contributed by atoms with Crippen molar-refractivity contribution in [3.05, 3.63) is 24.6 Å². The van der Waals surface area contributed by atoms with E-state index in [4.69, 9.17) is 10.5 Å². The van der Waals surface area contributed by atoms with Crippen LogP contribution in [-0.4, -0.2) is 11.7 Å². The Morgan fingerprint density at radius 1 is 1.54 bits per heavy atom. The lowest BCUT2D eigenvalue weighted by Gasteiger charge is -2.19. The van der Waals surface area contributed by atoms with Crippen LogP contribution in [0.15, 0.2) is 24.6 Å². The summed E-state index contributed by atoms with van der Waals surface area (Å²) in [6.45, 7) is 8.81. The second kappa shape index (κ2) is 4.54. The van der Waals surface area contributed by atoms with Crippen molar-refractivity contribution < 1.29 is 9.53 Å². The summed E-state index contributed by atoms with van der Waals surface area (Å²) in [6, 6.07) is 0. The molecule has 0 aromatic carbocycles. The van der Waals surface area contributed by atoms with Gasteiger partial charge in [-0.15, -0.1) is 0 Å². The average molecular weight is 184 g/mol. The quantitative estimate of drug-likeness (QED) is 0.639. The van der Waals surface area contributed by atoms with Crippen LogP contribution in [0.5, 0.6) is 0 Å². The molecule has 4 nitrogen and oxygen atoms in total. The van der Waals surface area contributed by atoms with Crippen LogP contribution in [0.1, 0.15) is 20.8 Å². The largest absolute Gasteiger partial charge is 0.444 e. The second-order valence-corrected chi connectivity index (χ2v) is 3.45. The monoisotopic (exact) mass is 184 g/mol. The minimum absolute atomic E-state index is 0.425. The maximum atomic E-state index is 11.1. The van der Waals surface area contributed by atoms with Crippen LogP contribution in [0.2, 0.25) is 0 Å². The number of amides is 1. The van der Waals surface area contributed by atoms with E-state index < -0.39 is 11.7 Å². The summed E-state index contributed by atoms with van der Waals surface area (Å²) in [6.07, 6.45) is 2.14. The number of nitrogens with two attached hydrogens (primary N) is 1. The summed E-state index contributed by atoms with van der Waals surface area (Å²) in [5.74, 6) is 0. The van der Waals surface area contributed by atoms with E-state index >= 15 is 0 Å². The van der Waals surface area contributed by atoms with E-state index in [-0.39, 0.29) is 0 Å². The molecule has 3 N–H and O–H groups in total. The van der Waals surface area contributed by atoms with E-state index in [9.17, 15) is 4.79 Å². The van der Waals surface area contributed by atoms with Crippen molar-refractivity contribution in [3.8, 4) is 0 Å². The Morgan fingerprint density at radius 3 is 2.38 bits per heavy atom. The van der Waals surface area contributed by atoms with Crippen LogP contribution in [0, 0.1) is 0 Å². The van der Waals surface area contributed by atoms with Gasteiger partial charge in [-0.25, -0.2) is 4.79 Å². The summed E-state index contributed by atoms with van der Waals surface area (Å²) in [4.78, 5) is 11.1. The number of rotatable bonds is 2. The molecule has 0 aliphatic heterocycles. The predicted molar refractivity (Wildman–Crippen MR) is 51.8 cm³/mol. The predicted octanol–water partition coefficient (Wildman–Crippen LogP) is 1.50. The Morgan fingerprint density at radius 2 is 2.08 bits per heavy atom. The molecule has 0 bridgehead atoms. The van der Waals surface area contributed by atoms with Crippen molar-refractivity contribution in [3.63, 3.8) is 0 Å². The van der Waals surface area contributed by atoms with Crippen molar-refractivity contribution in [2.24, 2.45) is 5.73 Å². The SMILES string of the molecule is C=C/C(=C/N)NC(=O)OC(C)(C)C. The number of allylic oxidation sites excluding steroid dienone is 1. The van der Waals surface area contributed by atoms with Gasteiger partial charge in [0.05, 0.1) is 5.70 Å². The van der Waals surface area contributed by atoms with Gasteiger partial charge in [0, 0.05) is 6.20 Å². The highest BCUT2D eigenvalue weighted by Crippen LogP contribution is 2.06. The molecule has 74 valence electrons. The van der Waals surface area contributed by atoms with E-state index in [1.165, 1.54) is 12.3 Å². The van der Waals surface area contributed by atoms with Crippen LogP contribution in [0.3, 0.4) is 0 Å². The van der Waals surface area contributed by atoms with Crippen molar-refractivity contribution in [2.45, 2.75) is 26.4 Å². The topological polar surface area (TPSA) is 64.3 Å². The van der Waals surface area contributed by atoms with Crippen molar-refractivity contribution in [2.75, 3.05) is 0 Å². The first-order chi connectivity index (χ1) is 5.89. The number of hydrogen-bond donors (Lipinski definition) is 2. The summed E-state index contributed by atoms with van der Waals surface area (Å²) in [5.41, 5.74) is 5.11. The molecule has 0 saturated carbocycles. The van der Waals surface area contributed by atoms with E-state index in [1.54, 1.807) is 20.8 Å². The zero-order valence-electron chi connectivity index (χ0n) is 8.26. The number of hydrogen-bond acceptors (Lipinski definition) is 3. The Kier molecular flexibility index (Phi) is 4.04. The van der Waals surface area contributed by atoms with Crippen LogP contribution in [0.4, 0.5) is 4.79 Å². The van der Waals surface area contributed by atoms with Crippen molar-refractivity contribution in [1.29, 1.82) is 0 Å². The molecule has 0 aliphatic carbocycles. The Hall–Kier alpha value is -1.45. The molecule has 0 aromatic heterocycles. The lowest BCUT2D eigenvalue weighted by molar-refractivity contribution is 0.0548. The van der Waals surface area contributed by atoms with Crippen LogP contribution in [0.25, 0.3) is 0 Å². The maximum Gasteiger partial charge on any atom is 0.412 e. The van der Waals surface area contributed by atoms with Crippen LogP contribution in [-0.2, 0) is 4.74 Å². The fourth-order valence-corrected chi connectivity index (χ4v) is 0.582. The molecule has 0 atom stereocenters. The summed E-state index contributed by atoms with van der Waals surface area (Å²) in [5, 5.41) is 2.43. The molecule has 0 fully saturated rings. The van der Waals surface area contributed by atoms with Gasteiger partial charge in [-0.1, -0.05) is 6.58 Å². The van der Waals surface area contributed by atoms with Crippen LogP contribution < -0.4 is 11.1 Å². The fourth-order valence-electron chi connectivity index (χ4n) is 0.582. The van der Waals surface area contributed by atoms with Gasteiger partial charge in [-0.05, 0) is 26.8 Å². The van der Waals surface area contributed by atoms with Gasteiger partial charge in [-0.2, -0.15) is 0 Å². The fraction of sp³-hybridized carbons (Fsp3) is 0.444. The molecule has 0 aliphatic rings. The average Bonchev–Trinajstić information content (AvgIpc) is 1.96. The van der Waals surface area contributed by atoms with Crippen molar-refractivity contribution >= 4 is 6.09 Å². The van der Waals surface area contributed by atoms with Gasteiger partial charge in [0.1, 0.15) is 5.60 Å². The van der Waals surface area contributed by atoms with Gasteiger partial charge in [0.25, 0.3) is 0 Å². The highest BCUT2D eigenvalue weighted by molar-refractivity contribution is 5.70. The normalized spacial score (nSPS) is 12.1. The molecule has 0 rings (SSSR count). The lowest BCUT2D eigenvalue weighted by atomic mass is 10.2. The molecule has 13 heavy (non-hydrogen) atoms. The van der Waals surface area contributed by atoms with Crippen LogP contribution >= 0.6 is 0 Å². The number of carbonyl (C=O) groups is 1. The Bertz CT molecular complexity index is 226. The number of ether oxygens (including phenoxy) is 1. The molecular weight excluding hydrogens is 168 g/mol. The highest BCUT2D eigenvalue weighted by atomic mass is 16.6. The zero-order valence-corrected chi connectivity index (χ0v) is 8.26. The molecule has 0 spiro atoms. The molecule has 0 unspecified atom stereocenters. The van der Waals surface area contributed by atoms with Gasteiger partial charge in [0.15, 0.2) is 0 Å². The zero-order chi connectivity index (χ0) is 10.5. The molecular formula is C9H16N2O2. The van der Waals surface area contributed by atoms with E-state index in [2.05, 4.69) is 11.9 Å². The molecule has 4 heteroatoms.